The Balaban J connectivity index is 2.87. The first kappa shape index (κ1) is 11.3. The lowest BCUT2D eigenvalue weighted by Gasteiger charge is -2.03. The summed E-state index contributed by atoms with van der Waals surface area (Å²) in [6.45, 7) is 0. The molecule has 14 heavy (non-hydrogen) atoms. The van der Waals surface area contributed by atoms with Crippen molar-refractivity contribution in [2.75, 3.05) is 0 Å². The summed E-state index contributed by atoms with van der Waals surface area (Å²) < 4.78 is 12.9. The molecule has 0 fully saturated rings. The normalized spacial score (nSPS) is 10.2. The van der Waals surface area contributed by atoms with E-state index in [1.807, 2.05) is 0 Å². The lowest BCUT2D eigenvalue weighted by atomic mass is 10.1. The molecule has 76 valence electrons. The average Bonchev–Trinajstić information content (AvgIpc) is 2.09. The highest BCUT2D eigenvalue weighted by molar-refractivity contribution is 6.35. The second-order valence-electron chi connectivity index (χ2n) is 2.75. The summed E-state index contributed by atoms with van der Waals surface area (Å²) in [5, 5.41) is 8.66. The minimum Gasteiger partial charge on any atom is -0.481 e. The predicted octanol–water partition coefficient (Wildman–Crippen LogP) is 3.15. The minimum absolute atomic E-state index is 0.0610. The number of carbonyl (C=O) groups is 1. The molecule has 0 atom stereocenters. The van der Waals surface area contributed by atoms with Crippen LogP contribution in [0.2, 0.25) is 10.0 Å². The van der Waals surface area contributed by atoms with Gasteiger partial charge in [-0.1, -0.05) is 23.2 Å². The molecule has 0 saturated carbocycles. The number of hydrogen-bond acceptors (Lipinski definition) is 1. The molecule has 0 aromatic heterocycles. The summed E-state index contributed by atoms with van der Waals surface area (Å²) in [7, 11) is 0. The number of hydrogen-bond donors (Lipinski definition) is 1. The first-order valence-corrected chi connectivity index (χ1v) is 4.61. The van der Waals surface area contributed by atoms with E-state index in [-0.39, 0.29) is 22.9 Å². The highest BCUT2D eigenvalue weighted by Gasteiger charge is 2.08. The van der Waals surface area contributed by atoms with Crippen molar-refractivity contribution in [2.24, 2.45) is 0 Å². The summed E-state index contributed by atoms with van der Waals surface area (Å²) in [4.78, 5) is 10.3. The van der Waals surface area contributed by atoms with E-state index in [2.05, 4.69) is 0 Å². The Kier molecular flexibility index (Phi) is 3.72. The van der Waals surface area contributed by atoms with E-state index in [0.717, 1.165) is 6.07 Å². The van der Waals surface area contributed by atoms with Crippen molar-refractivity contribution in [3.05, 3.63) is 33.6 Å². The van der Waals surface area contributed by atoms with E-state index < -0.39 is 11.8 Å². The van der Waals surface area contributed by atoms with Gasteiger partial charge >= 0.3 is 5.97 Å². The molecular weight excluding hydrogens is 230 g/mol. The SMILES string of the molecule is O=C(O)CCc1cc(F)c(Cl)cc1Cl. The third kappa shape index (κ3) is 2.86. The number of aryl methyl sites for hydroxylation is 1. The van der Waals surface area contributed by atoms with Gasteiger partial charge in [-0.05, 0) is 24.1 Å². The molecule has 1 aromatic rings. The number of benzene rings is 1. The fourth-order valence-electron chi connectivity index (χ4n) is 0.997. The van der Waals surface area contributed by atoms with E-state index in [0.29, 0.717) is 5.56 Å². The van der Waals surface area contributed by atoms with Gasteiger partial charge in [-0.25, -0.2) is 4.39 Å². The van der Waals surface area contributed by atoms with Gasteiger partial charge in [0, 0.05) is 11.4 Å². The van der Waals surface area contributed by atoms with Crippen molar-refractivity contribution < 1.29 is 14.3 Å². The molecule has 2 nitrogen and oxygen atoms in total. The molecule has 1 rings (SSSR count). The highest BCUT2D eigenvalue weighted by Crippen LogP contribution is 2.25. The Morgan fingerprint density at radius 1 is 1.36 bits per heavy atom. The van der Waals surface area contributed by atoms with Crippen LogP contribution in [-0.2, 0) is 11.2 Å². The van der Waals surface area contributed by atoms with Gasteiger partial charge in [-0.2, -0.15) is 0 Å². The average molecular weight is 237 g/mol. The van der Waals surface area contributed by atoms with Gasteiger partial charge in [0.1, 0.15) is 5.82 Å². The summed E-state index contributed by atoms with van der Waals surface area (Å²) in [5.74, 6) is -1.53. The molecule has 0 bridgehead atoms. The molecule has 0 aliphatic heterocycles. The van der Waals surface area contributed by atoms with Crippen LogP contribution in [0, 0.1) is 5.82 Å². The number of carboxylic acids is 1. The van der Waals surface area contributed by atoms with Gasteiger partial charge in [-0.15, -0.1) is 0 Å². The fraction of sp³-hybridized carbons (Fsp3) is 0.222. The zero-order valence-corrected chi connectivity index (χ0v) is 8.57. The van der Waals surface area contributed by atoms with Gasteiger partial charge in [0.05, 0.1) is 5.02 Å². The predicted molar refractivity (Wildman–Crippen MR) is 52.4 cm³/mol. The molecule has 1 N–H and O–H groups in total. The van der Waals surface area contributed by atoms with E-state index in [1.165, 1.54) is 6.07 Å². The van der Waals surface area contributed by atoms with Gasteiger partial charge in [0.25, 0.3) is 0 Å². The maximum absolute atomic E-state index is 12.9. The fourth-order valence-corrected chi connectivity index (χ4v) is 1.47. The third-order valence-electron chi connectivity index (χ3n) is 1.70. The minimum atomic E-state index is -0.948. The Bertz CT molecular complexity index is 366. The van der Waals surface area contributed by atoms with Crippen molar-refractivity contribution in [1.29, 1.82) is 0 Å². The van der Waals surface area contributed by atoms with Crippen molar-refractivity contribution in [3.8, 4) is 0 Å². The molecule has 0 heterocycles. The van der Waals surface area contributed by atoms with Gasteiger partial charge in [-0.3, -0.25) is 4.79 Å². The van der Waals surface area contributed by atoms with Gasteiger partial charge < -0.3 is 5.11 Å². The molecule has 0 aliphatic rings. The Labute approximate surface area is 90.3 Å². The monoisotopic (exact) mass is 236 g/mol. The number of halogens is 3. The molecule has 0 unspecified atom stereocenters. The summed E-state index contributed by atoms with van der Waals surface area (Å²) in [6.07, 6.45) is 0.114. The van der Waals surface area contributed by atoms with Gasteiger partial charge in [0.2, 0.25) is 0 Å². The Morgan fingerprint density at radius 3 is 2.57 bits per heavy atom. The molecule has 0 amide bonds. The second-order valence-corrected chi connectivity index (χ2v) is 3.57. The largest absolute Gasteiger partial charge is 0.481 e. The van der Waals surface area contributed by atoms with Gasteiger partial charge in [0.15, 0.2) is 0 Å². The Hall–Kier alpha value is -0.800. The van der Waals surface area contributed by atoms with E-state index in [9.17, 15) is 9.18 Å². The van der Waals surface area contributed by atoms with Crippen LogP contribution >= 0.6 is 23.2 Å². The molecule has 0 radical (unpaired) electrons. The standard InChI is InChI=1S/C9H7Cl2FO2/c10-6-4-7(11)8(12)3-5(6)1-2-9(13)14/h3-4H,1-2H2,(H,13,14). The quantitative estimate of drug-likeness (QED) is 0.820. The first-order chi connectivity index (χ1) is 6.50. The zero-order valence-electron chi connectivity index (χ0n) is 7.06. The molecular formula is C9H7Cl2FO2. The van der Waals surface area contributed by atoms with Crippen molar-refractivity contribution >= 4 is 29.2 Å². The van der Waals surface area contributed by atoms with Crippen LogP contribution in [-0.4, -0.2) is 11.1 Å². The number of carboxylic acid groups (broad SMARTS) is 1. The third-order valence-corrected chi connectivity index (χ3v) is 2.34. The second kappa shape index (κ2) is 4.62. The van der Waals surface area contributed by atoms with Crippen LogP contribution in [0.25, 0.3) is 0 Å². The molecule has 0 saturated heterocycles. The van der Waals surface area contributed by atoms with Crippen LogP contribution in [0.4, 0.5) is 4.39 Å². The van der Waals surface area contributed by atoms with Crippen molar-refractivity contribution in [1.82, 2.24) is 0 Å². The maximum atomic E-state index is 12.9. The van der Waals surface area contributed by atoms with E-state index in [1.54, 1.807) is 0 Å². The molecule has 0 spiro atoms. The van der Waals surface area contributed by atoms with Crippen LogP contribution < -0.4 is 0 Å². The lowest BCUT2D eigenvalue weighted by molar-refractivity contribution is -0.136. The van der Waals surface area contributed by atoms with Crippen molar-refractivity contribution in [3.63, 3.8) is 0 Å². The number of aliphatic carboxylic acids is 1. The van der Waals surface area contributed by atoms with Crippen molar-refractivity contribution in [2.45, 2.75) is 12.8 Å². The first-order valence-electron chi connectivity index (χ1n) is 3.86. The van der Waals surface area contributed by atoms with E-state index >= 15 is 0 Å². The highest BCUT2D eigenvalue weighted by atomic mass is 35.5. The lowest BCUT2D eigenvalue weighted by Crippen LogP contribution is -1.98. The topological polar surface area (TPSA) is 37.3 Å². The van der Waals surface area contributed by atoms with E-state index in [4.69, 9.17) is 28.3 Å². The zero-order chi connectivity index (χ0) is 10.7. The summed E-state index contributed by atoms with van der Waals surface area (Å²) in [6, 6.07) is 2.43. The van der Waals surface area contributed by atoms with Crippen LogP contribution in [0.15, 0.2) is 12.1 Å². The molecule has 5 heteroatoms. The smallest absolute Gasteiger partial charge is 0.303 e. The molecule has 1 aromatic carbocycles. The van der Waals surface area contributed by atoms with Crippen LogP contribution in [0.5, 0.6) is 0 Å². The van der Waals surface area contributed by atoms with Crippen LogP contribution in [0.1, 0.15) is 12.0 Å². The maximum Gasteiger partial charge on any atom is 0.303 e. The molecule has 0 aliphatic carbocycles. The summed E-state index contributed by atoms with van der Waals surface area (Å²) in [5.41, 5.74) is 0.455. The Morgan fingerprint density at radius 2 is 2.00 bits per heavy atom. The number of rotatable bonds is 3. The van der Waals surface area contributed by atoms with Crippen LogP contribution in [0.3, 0.4) is 0 Å². The summed E-state index contributed by atoms with van der Waals surface area (Å²) >= 11 is 11.2.